The predicted octanol–water partition coefficient (Wildman–Crippen LogP) is 3.22. The number of carbonyl (C=O) groups is 1. The third-order valence-corrected chi connectivity index (χ3v) is 4.64. The zero-order chi connectivity index (χ0) is 22.2. The number of anilines is 1. The van der Waals surface area contributed by atoms with Crippen LogP contribution >= 0.6 is 0 Å². The van der Waals surface area contributed by atoms with Gasteiger partial charge in [0.15, 0.2) is 11.5 Å². The van der Waals surface area contributed by atoms with E-state index in [0.717, 1.165) is 5.56 Å². The number of carbonyl (C=O) groups excluding carboxylic acids is 1. The van der Waals surface area contributed by atoms with Crippen LogP contribution in [0.5, 0.6) is 11.5 Å². The van der Waals surface area contributed by atoms with Crippen molar-refractivity contribution in [1.82, 2.24) is 9.78 Å². The second-order valence-corrected chi connectivity index (χ2v) is 6.66. The molecule has 0 saturated heterocycles. The fourth-order valence-electron chi connectivity index (χ4n) is 3.05. The average molecular weight is 418 g/mol. The Labute approximate surface area is 179 Å². The van der Waals surface area contributed by atoms with Crippen molar-refractivity contribution >= 4 is 11.6 Å². The fraction of sp³-hybridized carbons (Fsp3) is 0.217. The molecule has 0 fully saturated rings. The molecular weight excluding hydrogens is 396 g/mol. The van der Waals surface area contributed by atoms with Gasteiger partial charge in [0.1, 0.15) is 6.07 Å². The SMILES string of the molecule is COc1ccc(-c2ccc(=O)n(CCCC(=O)Nc3ccccc3C#N)n2)cc1OC. The maximum atomic E-state index is 12.2. The Morgan fingerprint density at radius 3 is 2.61 bits per heavy atom. The van der Waals surface area contributed by atoms with Gasteiger partial charge in [-0.3, -0.25) is 9.59 Å². The van der Waals surface area contributed by atoms with Crippen LogP contribution in [-0.4, -0.2) is 29.9 Å². The normalized spacial score (nSPS) is 10.2. The number of rotatable bonds is 8. The average Bonchev–Trinajstić information content (AvgIpc) is 2.80. The number of aromatic nitrogens is 2. The lowest BCUT2D eigenvalue weighted by Crippen LogP contribution is -2.23. The van der Waals surface area contributed by atoms with Crippen molar-refractivity contribution in [2.24, 2.45) is 0 Å². The van der Waals surface area contributed by atoms with Gasteiger partial charge in [0, 0.05) is 24.6 Å². The molecule has 158 valence electrons. The first kappa shape index (κ1) is 21.6. The largest absolute Gasteiger partial charge is 0.493 e. The zero-order valence-corrected chi connectivity index (χ0v) is 17.3. The second-order valence-electron chi connectivity index (χ2n) is 6.66. The van der Waals surface area contributed by atoms with Crippen LogP contribution in [0.2, 0.25) is 0 Å². The number of nitrogens with one attached hydrogen (secondary N) is 1. The van der Waals surface area contributed by atoms with Gasteiger partial charge in [-0.05, 0) is 42.8 Å². The van der Waals surface area contributed by atoms with E-state index in [4.69, 9.17) is 14.7 Å². The topological polar surface area (TPSA) is 106 Å². The summed E-state index contributed by atoms with van der Waals surface area (Å²) in [5.41, 5.74) is 2.00. The summed E-state index contributed by atoms with van der Waals surface area (Å²) in [6.07, 6.45) is 0.608. The van der Waals surface area contributed by atoms with Crippen molar-refractivity contribution in [3.05, 3.63) is 70.5 Å². The first-order chi connectivity index (χ1) is 15.0. The van der Waals surface area contributed by atoms with Crippen LogP contribution in [0, 0.1) is 11.3 Å². The molecule has 0 aliphatic rings. The summed E-state index contributed by atoms with van der Waals surface area (Å²) in [5.74, 6) is 0.934. The molecule has 3 aromatic rings. The number of aryl methyl sites for hydroxylation is 1. The van der Waals surface area contributed by atoms with Crippen LogP contribution in [0.3, 0.4) is 0 Å². The maximum absolute atomic E-state index is 12.2. The molecule has 31 heavy (non-hydrogen) atoms. The summed E-state index contributed by atoms with van der Waals surface area (Å²) in [5, 5.41) is 16.2. The summed E-state index contributed by atoms with van der Waals surface area (Å²) < 4.78 is 11.9. The van der Waals surface area contributed by atoms with Gasteiger partial charge in [-0.1, -0.05) is 12.1 Å². The number of nitrogens with zero attached hydrogens (tertiary/aromatic N) is 3. The van der Waals surface area contributed by atoms with E-state index in [2.05, 4.69) is 10.4 Å². The summed E-state index contributed by atoms with van der Waals surface area (Å²) in [7, 11) is 3.11. The van der Waals surface area contributed by atoms with Crippen LogP contribution in [0.1, 0.15) is 18.4 Å². The van der Waals surface area contributed by atoms with E-state index >= 15 is 0 Å². The Balaban J connectivity index is 1.67. The van der Waals surface area contributed by atoms with Gasteiger partial charge in [0.05, 0.1) is 31.2 Å². The summed E-state index contributed by atoms with van der Waals surface area (Å²) in [6, 6.07) is 17.3. The molecule has 0 aliphatic heterocycles. The van der Waals surface area contributed by atoms with E-state index in [9.17, 15) is 9.59 Å². The van der Waals surface area contributed by atoms with Crippen LogP contribution in [-0.2, 0) is 11.3 Å². The van der Waals surface area contributed by atoms with E-state index in [0.29, 0.717) is 34.9 Å². The standard InChI is InChI=1S/C23H22N4O4/c1-30-20-11-9-16(14-21(20)31-2)19-10-12-23(29)27(26-19)13-5-8-22(28)25-18-7-4-3-6-17(18)15-24/h3-4,6-7,9-12,14H,5,8,13H2,1-2H3,(H,25,28). The Morgan fingerprint density at radius 2 is 1.87 bits per heavy atom. The molecule has 1 N–H and O–H groups in total. The molecule has 0 aliphatic carbocycles. The molecule has 0 radical (unpaired) electrons. The molecule has 3 rings (SSSR count). The molecule has 8 heteroatoms. The summed E-state index contributed by atoms with van der Waals surface area (Å²) in [4.78, 5) is 24.4. The van der Waals surface area contributed by atoms with Gasteiger partial charge in [0.25, 0.3) is 5.56 Å². The monoisotopic (exact) mass is 418 g/mol. The number of ether oxygens (including phenoxy) is 2. The van der Waals surface area contributed by atoms with E-state index in [1.54, 1.807) is 56.7 Å². The molecule has 0 spiro atoms. The molecule has 1 amide bonds. The number of benzene rings is 2. The van der Waals surface area contributed by atoms with Crippen molar-refractivity contribution in [1.29, 1.82) is 5.26 Å². The molecule has 0 unspecified atom stereocenters. The van der Waals surface area contributed by atoms with Crippen molar-refractivity contribution in [2.45, 2.75) is 19.4 Å². The van der Waals surface area contributed by atoms with Gasteiger partial charge in [-0.25, -0.2) is 4.68 Å². The van der Waals surface area contributed by atoms with Crippen molar-refractivity contribution in [2.75, 3.05) is 19.5 Å². The van der Waals surface area contributed by atoms with Crippen molar-refractivity contribution < 1.29 is 14.3 Å². The van der Waals surface area contributed by atoms with E-state index in [1.165, 1.54) is 10.7 Å². The highest BCUT2D eigenvalue weighted by Crippen LogP contribution is 2.31. The predicted molar refractivity (Wildman–Crippen MR) is 116 cm³/mol. The zero-order valence-electron chi connectivity index (χ0n) is 17.3. The minimum Gasteiger partial charge on any atom is -0.493 e. The van der Waals surface area contributed by atoms with Crippen LogP contribution in [0.15, 0.2) is 59.4 Å². The first-order valence-corrected chi connectivity index (χ1v) is 9.65. The summed E-state index contributed by atoms with van der Waals surface area (Å²) in [6.45, 7) is 0.285. The third-order valence-electron chi connectivity index (χ3n) is 4.64. The summed E-state index contributed by atoms with van der Waals surface area (Å²) >= 11 is 0. The highest BCUT2D eigenvalue weighted by atomic mass is 16.5. The van der Waals surface area contributed by atoms with Crippen LogP contribution in [0.4, 0.5) is 5.69 Å². The van der Waals surface area contributed by atoms with Gasteiger partial charge in [0.2, 0.25) is 5.91 Å². The van der Waals surface area contributed by atoms with E-state index in [-0.39, 0.29) is 24.4 Å². The number of hydrogen-bond donors (Lipinski definition) is 1. The van der Waals surface area contributed by atoms with Crippen LogP contribution in [0.25, 0.3) is 11.3 Å². The molecule has 0 bridgehead atoms. The minimum absolute atomic E-state index is 0.189. The minimum atomic E-state index is -0.250. The number of methoxy groups -OCH3 is 2. The van der Waals surface area contributed by atoms with E-state index in [1.807, 2.05) is 12.1 Å². The number of hydrogen-bond acceptors (Lipinski definition) is 6. The number of para-hydroxylation sites is 1. The number of amides is 1. The highest BCUT2D eigenvalue weighted by molar-refractivity contribution is 5.92. The molecule has 1 aromatic heterocycles. The Morgan fingerprint density at radius 1 is 1.10 bits per heavy atom. The molecule has 8 nitrogen and oxygen atoms in total. The maximum Gasteiger partial charge on any atom is 0.266 e. The quantitative estimate of drug-likeness (QED) is 0.602. The Hall–Kier alpha value is -4.12. The van der Waals surface area contributed by atoms with E-state index < -0.39 is 0 Å². The van der Waals surface area contributed by atoms with Gasteiger partial charge >= 0.3 is 0 Å². The lowest BCUT2D eigenvalue weighted by Gasteiger charge is -2.11. The second kappa shape index (κ2) is 10.1. The van der Waals surface area contributed by atoms with Gasteiger partial charge < -0.3 is 14.8 Å². The molecule has 1 heterocycles. The van der Waals surface area contributed by atoms with Crippen molar-refractivity contribution in [3.8, 4) is 28.8 Å². The molecule has 0 atom stereocenters. The number of nitriles is 1. The van der Waals surface area contributed by atoms with Gasteiger partial charge in [-0.2, -0.15) is 10.4 Å². The fourth-order valence-corrected chi connectivity index (χ4v) is 3.05. The van der Waals surface area contributed by atoms with Crippen molar-refractivity contribution in [3.63, 3.8) is 0 Å². The lowest BCUT2D eigenvalue weighted by atomic mass is 10.1. The molecular formula is C23H22N4O4. The highest BCUT2D eigenvalue weighted by Gasteiger charge is 2.10. The molecule has 0 saturated carbocycles. The molecule has 2 aromatic carbocycles. The third kappa shape index (κ3) is 5.28. The first-order valence-electron chi connectivity index (χ1n) is 9.65. The smallest absolute Gasteiger partial charge is 0.266 e. The Kier molecular flexibility index (Phi) is 7.01. The van der Waals surface area contributed by atoms with Gasteiger partial charge in [-0.15, -0.1) is 0 Å². The van der Waals surface area contributed by atoms with Crippen LogP contribution < -0.4 is 20.3 Å². The lowest BCUT2D eigenvalue weighted by molar-refractivity contribution is -0.116. The Bertz CT molecular complexity index is 1180.